The van der Waals surface area contributed by atoms with E-state index in [2.05, 4.69) is 30.9 Å². The van der Waals surface area contributed by atoms with Gasteiger partial charge in [0.25, 0.3) is 17.6 Å². The number of benzene rings is 4. The fraction of sp³-hybridized carbons (Fsp3) is 0.483. The van der Waals surface area contributed by atoms with Gasteiger partial charge in [-0.05, 0) is 91.8 Å². The van der Waals surface area contributed by atoms with Crippen molar-refractivity contribution in [3.8, 4) is 23.0 Å². The number of thioether (sulfide) groups is 2. The van der Waals surface area contributed by atoms with E-state index in [0.717, 1.165) is 18.0 Å². The van der Waals surface area contributed by atoms with Crippen molar-refractivity contribution in [3.05, 3.63) is 155 Å². The molecule has 10 aliphatic heterocycles. The number of aromatic nitrogens is 1. The Kier molecular flexibility index (Phi) is 31.6. The summed E-state index contributed by atoms with van der Waals surface area (Å²) in [6.45, 7) is 25.0. The molecule has 0 unspecified atom stereocenters. The molecule has 40 nitrogen and oxygen atoms in total. The van der Waals surface area contributed by atoms with E-state index < -0.39 is 196 Å². The Morgan fingerprint density at radius 1 is 0.682 bits per heavy atom. The highest BCUT2D eigenvalue weighted by atomic mass is 32.2. The van der Waals surface area contributed by atoms with Crippen molar-refractivity contribution >= 4 is 127 Å². The van der Waals surface area contributed by atoms with Gasteiger partial charge in [-0.2, -0.15) is 5.10 Å². The number of piperazine rings is 1. The van der Waals surface area contributed by atoms with Crippen LogP contribution in [0.2, 0.25) is 0 Å². The van der Waals surface area contributed by atoms with Crippen molar-refractivity contribution in [2.45, 2.75) is 206 Å². The zero-order valence-electron chi connectivity index (χ0n) is 75.5. The number of likely N-dealkylation sites (N-methyl/N-ethyl adjacent to an activating group) is 1. The highest BCUT2D eigenvalue weighted by molar-refractivity contribution is 8.02. The summed E-state index contributed by atoms with van der Waals surface area (Å²) in [4.78, 5) is 155. The number of aliphatic hydroxyl groups excluding tert-OH is 2. The van der Waals surface area contributed by atoms with E-state index in [0.29, 0.717) is 29.8 Å². The standard InChI is InChI=1S/C43H58N4O12.2C16H19N3O4S.C8H11NO5S.C6H7N3O/c1-21-12-11-13-22(2)42(55)45-33-28(20-44-47-17-15-46(9)16-18-47)37(52)30-31(38(33)53)36(51)26(6)40-32(30)41(54)43(8,59-40)57-19-14-29(56-10)23(3)39(58-27(7)48)25(5)35(50)24(4)34(21)49;2*1-16(2)11(15(22)23)19-13(21)10(14(19)24-16)18-12(20)9(17)8-6-4-3-5-7-8;1-8(2)6(7(11)12)9-4(10)3-5(9)15(8,13)14;7-9-6(10)5-1-3-8-4-2-5/h11-14,19-21,23-25,29,34-35,39,49-53H,15-18H2,1-10H3,(H,45,55);2*3-7,9-11,14H,17H2,1-2H3,(H,18,20)(H,22,23);5-6H,3H2,1-2H3,(H,11,12);1-4H,7H2,(H,9,10)/b12-11+,19-14+,22-13-,44-20-;;;;/t21-,23-,24-,25+,29+,34-,35+,39-,43+;2*9-,10-,11+,14-;5-,6+;/m1111./s1. The minimum absolute atomic E-state index is 0.0559. The number of carboxylic acid groups (broad SMARTS) is 3. The van der Waals surface area contributed by atoms with E-state index in [1.54, 1.807) is 133 Å². The number of rotatable bonds is 14. The van der Waals surface area contributed by atoms with E-state index in [4.69, 9.17) is 41.4 Å². The smallest absolute Gasteiger partial charge is 0.328 e. The van der Waals surface area contributed by atoms with Crippen LogP contribution in [0.5, 0.6) is 23.0 Å². The Hall–Kier alpha value is -11.8. The number of methoxy groups -OCH3 is 1. The molecule has 19 atom stereocenters. The van der Waals surface area contributed by atoms with E-state index in [-0.39, 0.29) is 79.4 Å². The van der Waals surface area contributed by atoms with E-state index in [1.165, 1.54) is 119 Å². The molecule has 43 heteroatoms. The average molecular weight is 1890 g/mol. The van der Waals surface area contributed by atoms with Crippen molar-refractivity contribution < 1.29 is 126 Å². The topological polar surface area (TPSA) is 605 Å². The van der Waals surface area contributed by atoms with Crippen LogP contribution in [-0.4, -0.2) is 287 Å². The molecule has 15 rings (SSSR count). The number of hydrazone groups is 1. The number of amides is 7. The van der Waals surface area contributed by atoms with Crippen LogP contribution in [0.15, 0.2) is 126 Å². The molecule has 714 valence electrons. The molecule has 5 aromatic rings. The van der Waals surface area contributed by atoms with Gasteiger partial charge >= 0.3 is 29.7 Å². The summed E-state index contributed by atoms with van der Waals surface area (Å²) >= 11 is 2.77. The maximum absolute atomic E-state index is 14.4. The number of carbonyl (C=O) groups is 12. The summed E-state index contributed by atoms with van der Waals surface area (Å²) in [6.07, 6.45) is 7.84. The van der Waals surface area contributed by atoms with Gasteiger partial charge in [0.05, 0.1) is 64.2 Å². The number of hydrazine groups is 1. The van der Waals surface area contributed by atoms with Crippen molar-refractivity contribution in [2.24, 2.45) is 46.1 Å². The highest BCUT2D eigenvalue weighted by Crippen LogP contribution is 2.57. The van der Waals surface area contributed by atoms with Crippen molar-refractivity contribution in [1.82, 2.24) is 45.7 Å². The van der Waals surface area contributed by atoms with Gasteiger partial charge in [-0.25, -0.2) is 28.6 Å². The number of anilines is 1. The van der Waals surface area contributed by atoms with Crippen LogP contribution in [0.3, 0.4) is 0 Å². The number of nitrogens with two attached hydrogens (primary N) is 3. The predicted molar refractivity (Wildman–Crippen MR) is 484 cm³/mol. The van der Waals surface area contributed by atoms with Crippen LogP contribution >= 0.6 is 23.5 Å². The molecule has 0 aliphatic carbocycles. The third kappa shape index (κ3) is 20.4. The number of carbonyl (C=O) groups excluding carboxylic acids is 9. The molecule has 0 saturated carbocycles. The van der Waals surface area contributed by atoms with Crippen LogP contribution in [-0.2, 0) is 72.0 Å². The lowest BCUT2D eigenvalue weighted by Crippen LogP contribution is -2.71. The Morgan fingerprint density at radius 3 is 1.65 bits per heavy atom. The zero-order valence-corrected chi connectivity index (χ0v) is 77.9. The number of β-lactam (4-membered cyclic amide) rings is 3. The molecule has 10 aliphatic rings. The van der Waals surface area contributed by atoms with Gasteiger partial charge in [0.15, 0.2) is 15.6 Å². The molecule has 7 amide bonds. The lowest BCUT2D eigenvalue weighted by atomic mass is 9.78. The lowest BCUT2D eigenvalue weighted by Gasteiger charge is -2.43. The summed E-state index contributed by atoms with van der Waals surface area (Å²) in [6, 6.07) is 14.7. The summed E-state index contributed by atoms with van der Waals surface area (Å²) in [5, 5.41) is 98.2. The molecule has 11 heterocycles. The van der Waals surface area contributed by atoms with Crippen LogP contribution in [0.1, 0.15) is 151 Å². The van der Waals surface area contributed by atoms with E-state index in [9.17, 15) is 102 Å². The number of hydrogen-bond acceptors (Lipinski definition) is 32. The number of aliphatic carboxylic acids is 3. The number of nitrogens with one attached hydrogen (secondary N) is 4. The number of ether oxygens (including phenoxy) is 4. The molecule has 0 radical (unpaired) electrons. The van der Waals surface area contributed by atoms with Crippen LogP contribution in [0, 0.1) is 30.6 Å². The maximum atomic E-state index is 14.4. The number of Topliss-reactive ketones (excluding diaryl/α,β-unsaturated/α-hetero) is 1. The summed E-state index contributed by atoms with van der Waals surface area (Å²) in [5.41, 5.74) is 15.4. The van der Waals surface area contributed by atoms with Crippen molar-refractivity contribution in [2.75, 3.05) is 45.7 Å². The Balaban J connectivity index is 0.000000200. The second-order valence-corrected chi connectivity index (χ2v) is 41.4. The second-order valence-electron chi connectivity index (χ2n) is 35.1. The predicted octanol–water partition coefficient (Wildman–Crippen LogP) is 3.86. The Bertz CT molecular complexity index is 5410. The molecule has 4 aromatic carbocycles. The maximum Gasteiger partial charge on any atom is 0.328 e. The third-order valence-electron chi connectivity index (χ3n) is 25.0. The van der Waals surface area contributed by atoms with Crippen LogP contribution < -0.4 is 43.4 Å². The number of phenolic OH excluding ortho intramolecular Hbond substituents is 3. The largest absolute Gasteiger partial charge is 0.507 e. The number of aliphatic hydroxyl groups is 2. The van der Waals surface area contributed by atoms with Crippen molar-refractivity contribution in [1.29, 1.82) is 0 Å². The quantitative estimate of drug-likeness (QED) is 0.0110. The summed E-state index contributed by atoms with van der Waals surface area (Å²) in [5.74, 6) is -9.14. The molecule has 7 saturated heterocycles. The van der Waals surface area contributed by atoms with Gasteiger partial charge in [-0.1, -0.05) is 107 Å². The van der Waals surface area contributed by atoms with E-state index in [1.807, 2.05) is 24.6 Å². The number of esters is 1. The number of fused-ring (bicyclic) bond motifs is 17. The van der Waals surface area contributed by atoms with Gasteiger partial charge in [0.2, 0.25) is 29.5 Å². The van der Waals surface area contributed by atoms with Crippen molar-refractivity contribution in [3.63, 3.8) is 0 Å². The fourth-order valence-corrected chi connectivity index (χ4v) is 22.5. The molecular weight excluding hydrogens is 1780 g/mol. The number of allylic oxidation sites excluding steroid dienone is 2. The monoisotopic (exact) mass is 1890 g/mol. The first-order valence-corrected chi connectivity index (χ1v) is 45.5. The number of nitrogens with zero attached hydrogens (tertiary/aromatic N) is 7. The van der Waals surface area contributed by atoms with Gasteiger partial charge in [0, 0.05) is 115 Å². The minimum atomic E-state index is -3.57. The normalized spacial score (nSPS) is 29.5. The number of sulfone groups is 1. The minimum Gasteiger partial charge on any atom is -0.507 e. The molecule has 132 heavy (non-hydrogen) atoms. The second kappa shape index (κ2) is 40.7. The van der Waals surface area contributed by atoms with Gasteiger partial charge in [0.1, 0.15) is 81.8 Å². The number of ketones is 1. The first-order valence-electron chi connectivity index (χ1n) is 42.2. The fourth-order valence-electron chi connectivity index (χ4n) is 17.1. The highest BCUT2D eigenvalue weighted by Gasteiger charge is 2.69. The van der Waals surface area contributed by atoms with Gasteiger partial charge < -0.3 is 107 Å². The third-order valence-corrected chi connectivity index (χ3v) is 30.9. The SMILES string of the molecule is CC1(C)S[C@@H]2[C@H](NC(=O)[C@H](N)c3ccccc3)C(=O)N2[C@H]1C(=O)O.CC1(C)S[C@@H]2[C@H](NC(=O)[C@H](N)c3ccccc3)C(=O)N2[C@H]1C(=O)O.CC1(C)[C@H](C(=O)O)N2C(=O)C[C@H]2S1(=O)=O.CO[C@H]1/C=C/O[C@@]2(C)Oc3c(C)c(O)c4c(O)c(c(/C=N\N5CCN(C)CC5)c(O)c4c3C2=O)NC(=O)/C(C)=C\C=C\[C@@H](C)[C@@H](O)[C@@H](C)[C@H](O)[C@H](C)[C@H](OC(C)=O)[C@@H]1C.NNC(=O)c1ccncc1. The number of hydrogen-bond donors (Lipinski definition) is 15. The molecule has 18 N–H and O–H groups in total. The number of pyridine rings is 1. The van der Waals surface area contributed by atoms with Crippen LogP contribution in [0.25, 0.3) is 10.8 Å². The van der Waals surface area contributed by atoms with Crippen LogP contribution in [0.4, 0.5) is 5.69 Å². The Morgan fingerprint density at radius 2 is 1.19 bits per heavy atom. The number of phenols is 3. The number of nitrogen functional groups attached to an aromatic ring is 1. The first kappa shape index (κ1) is 102. The summed E-state index contributed by atoms with van der Waals surface area (Å²) < 4.78 is 44.7. The zero-order chi connectivity index (χ0) is 98.0. The van der Waals surface area contributed by atoms with Gasteiger partial charge in [-0.15, -0.1) is 23.5 Å². The molecule has 5 bridgehead atoms. The molecule has 0 spiro atoms. The number of aromatic hydroxyl groups is 3. The average Bonchev–Trinajstić information content (AvgIpc) is 1.65. The lowest BCUT2D eigenvalue weighted by molar-refractivity contribution is -0.161. The first-order chi connectivity index (χ1) is 61.8. The molecular formula is C89H114N14O26S3. The van der Waals surface area contributed by atoms with Gasteiger partial charge in [-0.3, -0.25) is 58.6 Å². The summed E-state index contributed by atoms with van der Waals surface area (Å²) in [7, 11) is -0.148. The Labute approximate surface area is 770 Å². The van der Waals surface area contributed by atoms with E-state index >= 15 is 0 Å². The molecule has 1 aromatic heterocycles. The number of carboxylic acids is 3. The molecule has 7 fully saturated rings.